The molecule has 1 aromatic rings. The molecule has 1 N–H and O–H groups in total. The second kappa shape index (κ2) is 7.82. The zero-order chi connectivity index (χ0) is 16.8. The molecule has 0 aliphatic carbocycles. The first kappa shape index (κ1) is 17.1. The summed E-state index contributed by atoms with van der Waals surface area (Å²) in [6.45, 7) is 3.95. The fraction of sp³-hybridized carbons (Fsp3) is 0.375. The van der Waals surface area contributed by atoms with Crippen molar-refractivity contribution in [2.24, 2.45) is 5.92 Å². The third-order valence-electron chi connectivity index (χ3n) is 3.83. The number of benzene rings is 1. The molecule has 122 valence electrons. The van der Waals surface area contributed by atoms with Gasteiger partial charge in [0.1, 0.15) is 0 Å². The van der Waals surface area contributed by atoms with E-state index < -0.39 is 4.92 Å². The summed E-state index contributed by atoms with van der Waals surface area (Å²) < 4.78 is 0. The molecule has 1 heterocycles. The molecule has 0 bridgehead atoms. The average Bonchev–Trinajstić information content (AvgIpc) is 2.54. The largest absolute Gasteiger partial charge is 0.349 e. The molecule has 1 amide bonds. The number of hydrogen-bond donors (Lipinski definition) is 1. The van der Waals surface area contributed by atoms with Gasteiger partial charge in [-0.25, -0.2) is 0 Å². The van der Waals surface area contributed by atoms with Gasteiger partial charge in [-0.3, -0.25) is 20.2 Å². The topological polar surface area (TPSA) is 75.5 Å². The standard InChI is InChI=1S/C16H19N3O3S/c1-12-8-10-18(11-9-12)16(23)17-15(20)7-4-13-2-5-14(6-3-13)19(21)22/h2-7,12H,8-11H2,1H3,(H,17,20,23)/b7-4+. The Balaban J connectivity index is 1.86. The number of amides is 1. The molecule has 0 radical (unpaired) electrons. The number of carbonyl (C=O) groups excluding carboxylic acids is 1. The normalized spacial score (nSPS) is 15.6. The highest BCUT2D eigenvalue weighted by Gasteiger charge is 2.18. The predicted molar refractivity (Wildman–Crippen MR) is 92.8 cm³/mol. The number of nitrogens with zero attached hydrogens (tertiary/aromatic N) is 2. The highest BCUT2D eigenvalue weighted by Crippen LogP contribution is 2.16. The smallest absolute Gasteiger partial charge is 0.269 e. The molecule has 1 aliphatic heterocycles. The summed E-state index contributed by atoms with van der Waals surface area (Å²) in [7, 11) is 0. The van der Waals surface area contributed by atoms with Crippen LogP contribution in [0.25, 0.3) is 6.08 Å². The monoisotopic (exact) mass is 333 g/mol. The Kier molecular flexibility index (Phi) is 5.81. The molecular formula is C16H19N3O3S. The van der Waals surface area contributed by atoms with Gasteiger partial charge < -0.3 is 4.90 Å². The Morgan fingerprint density at radius 2 is 1.96 bits per heavy atom. The van der Waals surface area contributed by atoms with Crippen molar-refractivity contribution < 1.29 is 9.72 Å². The number of rotatable bonds is 3. The molecule has 2 rings (SSSR count). The maximum Gasteiger partial charge on any atom is 0.269 e. The van der Waals surface area contributed by atoms with E-state index in [-0.39, 0.29) is 11.6 Å². The Labute approximate surface area is 140 Å². The molecule has 0 unspecified atom stereocenters. The summed E-state index contributed by atoms with van der Waals surface area (Å²) in [5.41, 5.74) is 0.732. The lowest BCUT2D eigenvalue weighted by molar-refractivity contribution is -0.384. The third-order valence-corrected chi connectivity index (χ3v) is 4.19. The van der Waals surface area contributed by atoms with Gasteiger partial charge in [-0.05, 0) is 54.7 Å². The van der Waals surface area contributed by atoms with Gasteiger partial charge in [0.05, 0.1) is 4.92 Å². The van der Waals surface area contributed by atoms with E-state index in [0.717, 1.165) is 25.9 Å². The van der Waals surface area contributed by atoms with Crippen LogP contribution >= 0.6 is 12.2 Å². The first-order valence-electron chi connectivity index (χ1n) is 7.48. The van der Waals surface area contributed by atoms with Gasteiger partial charge in [-0.15, -0.1) is 0 Å². The van der Waals surface area contributed by atoms with Crippen LogP contribution in [-0.4, -0.2) is 33.9 Å². The van der Waals surface area contributed by atoms with E-state index in [9.17, 15) is 14.9 Å². The van der Waals surface area contributed by atoms with Crippen LogP contribution in [-0.2, 0) is 4.79 Å². The van der Waals surface area contributed by atoms with Crippen molar-refractivity contribution in [1.82, 2.24) is 10.2 Å². The van der Waals surface area contributed by atoms with Crippen molar-refractivity contribution in [3.63, 3.8) is 0 Å². The Hall–Kier alpha value is -2.28. The van der Waals surface area contributed by atoms with Gasteiger partial charge >= 0.3 is 0 Å². The second-order valence-electron chi connectivity index (χ2n) is 5.65. The molecule has 0 atom stereocenters. The summed E-state index contributed by atoms with van der Waals surface area (Å²) in [5, 5.41) is 13.7. The number of nitro benzene ring substituents is 1. The van der Waals surface area contributed by atoms with Crippen LogP contribution in [0, 0.1) is 16.0 Å². The first-order chi connectivity index (χ1) is 11.0. The molecule has 0 spiro atoms. The van der Waals surface area contributed by atoms with E-state index in [1.165, 1.54) is 18.2 Å². The van der Waals surface area contributed by atoms with Gasteiger partial charge in [-0.1, -0.05) is 6.92 Å². The van der Waals surface area contributed by atoms with Crippen LogP contribution in [0.3, 0.4) is 0 Å². The first-order valence-corrected chi connectivity index (χ1v) is 7.89. The van der Waals surface area contributed by atoms with Gasteiger partial charge in [0.2, 0.25) is 5.91 Å². The number of thiocarbonyl (C=S) groups is 1. The van der Waals surface area contributed by atoms with E-state index >= 15 is 0 Å². The van der Waals surface area contributed by atoms with Crippen molar-refractivity contribution in [3.8, 4) is 0 Å². The van der Waals surface area contributed by atoms with Gasteiger partial charge in [0, 0.05) is 31.3 Å². The summed E-state index contributed by atoms with van der Waals surface area (Å²) in [5.74, 6) is 0.402. The van der Waals surface area contributed by atoms with Crippen LogP contribution in [0.2, 0.25) is 0 Å². The average molecular weight is 333 g/mol. The predicted octanol–water partition coefficient (Wildman–Crippen LogP) is 2.74. The van der Waals surface area contributed by atoms with Crippen LogP contribution < -0.4 is 5.32 Å². The highest BCUT2D eigenvalue weighted by atomic mass is 32.1. The minimum atomic E-state index is -0.460. The quantitative estimate of drug-likeness (QED) is 0.398. The van der Waals surface area contributed by atoms with E-state index in [1.54, 1.807) is 18.2 Å². The Morgan fingerprint density at radius 3 is 2.52 bits per heavy atom. The fourth-order valence-corrected chi connectivity index (χ4v) is 2.60. The zero-order valence-electron chi connectivity index (χ0n) is 12.9. The molecule has 7 heteroatoms. The Bertz CT molecular complexity index is 620. The van der Waals surface area contributed by atoms with Gasteiger partial charge in [0.15, 0.2) is 5.11 Å². The van der Waals surface area contributed by atoms with E-state index in [0.29, 0.717) is 16.6 Å². The number of nitro groups is 1. The van der Waals surface area contributed by atoms with Gasteiger partial charge in [-0.2, -0.15) is 0 Å². The minimum absolute atomic E-state index is 0.0205. The van der Waals surface area contributed by atoms with Crippen molar-refractivity contribution in [2.75, 3.05) is 13.1 Å². The number of likely N-dealkylation sites (tertiary alicyclic amines) is 1. The summed E-state index contributed by atoms with van der Waals surface area (Å²) in [4.78, 5) is 24.0. The maximum absolute atomic E-state index is 11.9. The van der Waals surface area contributed by atoms with Crippen molar-refractivity contribution >= 4 is 35.0 Å². The lowest BCUT2D eigenvalue weighted by Crippen LogP contribution is -2.45. The van der Waals surface area contributed by atoms with E-state index in [4.69, 9.17) is 12.2 Å². The molecule has 1 aliphatic rings. The van der Waals surface area contributed by atoms with Crippen molar-refractivity contribution in [2.45, 2.75) is 19.8 Å². The maximum atomic E-state index is 11.9. The molecule has 0 saturated carbocycles. The highest BCUT2D eigenvalue weighted by molar-refractivity contribution is 7.80. The number of piperidine rings is 1. The summed E-state index contributed by atoms with van der Waals surface area (Å²) in [6.07, 6.45) is 5.13. The fourth-order valence-electron chi connectivity index (χ4n) is 2.32. The molecule has 1 saturated heterocycles. The number of nitrogens with one attached hydrogen (secondary N) is 1. The molecule has 6 nitrogen and oxygen atoms in total. The van der Waals surface area contributed by atoms with Crippen LogP contribution in [0.15, 0.2) is 30.3 Å². The summed E-state index contributed by atoms with van der Waals surface area (Å²) >= 11 is 5.25. The number of hydrogen-bond acceptors (Lipinski definition) is 4. The zero-order valence-corrected chi connectivity index (χ0v) is 13.7. The lowest BCUT2D eigenvalue weighted by Gasteiger charge is -2.31. The van der Waals surface area contributed by atoms with Crippen molar-refractivity contribution in [3.05, 3.63) is 46.0 Å². The second-order valence-corrected chi connectivity index (χ2v) is 6.03. The third kappa shape index (κ3) is 5.14. The van der Waals surface area contributed by atoms with Gasteiger partial charge in [0.25, 0.3) is 5.69 Å². The molecule has 23 heavy (non-hydrogen) atoms. The lowest BCUT2D eigenvalue weighted by atomic mass is 10.00. The van der Waals surface area contributed by atoms with Crippen LogP contribution in [0.5, 0.6) is 0 Å². The number of carbonyl (C=O) groups is 1. The molecule has 1 aromatic carbocycles. The SMILES string of the molecule is CC1CCN(C(=S)NC(=O)/C=C/c2ccc([N+](=O)[O-])cc2)CC1. The van der Waals surface area contributed by atoms with E-state index in [2.05, 4.69) is 12.2 Å². The number of non-ortho nitro benzene ring substituents is 1. The van der Waals surface area contributed by atoms with Crippen LogP contribution in [0.1, 0.15) is 25.3 Å². The van der Waals surface area contributed by atoms with E-state index in [1.807, 2.05) is 4.90 Å². The Morgan fingerprint density at radius 1 is 1.35 bits per heavy atom. The molecular weight excluding hydrogens is 314 g/mol. The summed E-state index contributed by atoms with van der Waals surface area (Å²) in [6, 6.07) is 5.98. The molecule has 1 fully saturated rings. The van der Waals surface area contributed by atoms with Crippen LogP contribution in [0.4, 0.5) is 5.69 Å². The minimum Gasteiger partial charge on any atom is -0.349 e. The van der Waals surface area contributed by atoms with Crippen molar-refractivity contribution in [1.29, 1.82) is 0 Å². The molecule has 0 aromatic heterocycles.